The highest BCUT2D eigenvalue weighted by molar-refractivity contribution is 14.0. The number of nitrogens with zero attached hydrogens (tertiary/aromatic N) is 5. The Bertz CT molecular complexity index is 805. The maximum atomic E-state index is 4.41. The Morgan fingerprint density at radius 2 is 2.03 bits per heavy atom. The molecule has 2 unspecified atom stereocenters. The number of aromatic nitrogens is 3. The van der Waals surface area contributed by atoms with Gasteiger partial charge in [-0.15, -0.1) is 34.2 Å². The fourth-order valence-corrected chi connectivity index (χ4v) is 4.30. The summed E-state index contributed by atoms with van der Waals surface area (Å²) < 4.78 is 2.23. The molecule has 2 atom stereocenters. The van der Waals surface area contributed by atoms with Crippen molar-refractivity contribution in [2.45, 2.75) is 64.3 Å². The van der Waals surface area contributed by atoms with Gasteiger partial charge >= 0.3 is 0 Å². The lowest BCUT2D eigenvalue weighted by Gasteiger charge is -2.38. The molecule has 0 amide bonds. The van der Waals surface area contributed by atoms with Gasteiger partial charge in [-0.3, -0.25) is 9.89 Å². The molecule has 8 heteroatoms. The zero-order valence-electron chi connectivity index (χ0n) is 17.3. The van der Waals surface area contributed by atoms with Gasteiger partial charge < -0.3 is 15.2 Å². The fraction of sp³-hybridized carbons (Fsp3) is 0.571. The summed E-state index contributed by atoms with van der Waals surface area (Å²) in [7, 11) is 1.83. The molecule has 0 aliphatic carbocycles. The summed E-state index contributed by atoms with van der Waals surface area (Å²) in [5.41, 5.74) is 1.39. The molecule has 158 valence electrons. The standard InChI is InChI=1S/C21H31N7.HI/c1-16-13-18(10-12-27(16)15-17-7-4-3-5-8-17)24-21(22-2)23-14-20-26-25-19-9-6-11-28(19)20;/h3-5,7-8,16,18H,6,9-15H2,1-2H3,(H2,22,23,24);1H. The Morgan fingerprint density at radius 1 is 1.21 bits per heavy atom. The van der Waals surface area contributed by atoms with E-state index in [2.05, 4.69) is 72.5 Å². The topological polar surface area (TPSA) is 70.4 Å². The molecule has 2 N–H and O–H groups in total. The van der Waals surface area contributed by atoms with Gasteiger partial charge in [0.1, 0.15) is 5.82 Å². The molecule has 0 bridgehead atoms. The first-order chi connectivity index (χ1) is 13.7. The molecule has 1 aromatic heterocycles. The van der Waals surface area contributed by atoms with Crippen LogP contribution >= 0.6 is 24.0 Å². The van der Waals surface area contributed by atoms with Crippen molar-refractivity contribution in [3.8, 4) is 0 Å². The van der Waals surface area contributed by atoms with E-state index >= 15 is 0 Å². The van der Waals surface area contributed by atoms with Gasteiger partial charge in [-0.25, -0.2) is 0 Å². The second kappa shape index (κ2) is 10.4. The number of nitrogens with one attached hydrogen (secondary N) is 2. The molecule has 0 radical (unpaired) electrons. The van der Waals surface area contributed by atoms with Crippen LogP contribution in [0.25, 0.3) is 0 Å². The van der Waals surface area contributed by atoms with Gasteiger partial charge in [-0.05, 0) is 31.7 Å². The fourth-order valence-electron chi connectivity index (χ4n) is 4.30. The average molecular weight is 509 g/mol. The molecule has 1 fully saturated rings. The van der Waals surface area contributed by atoms with Crippen molar-refractivity contribution >= 4 is 29.9 Å². The van der Waals surface area contributed by atoms with Crippen LogP contribution in [0.3, 0.4) is 0 Å². The number of fused-ring (bicyclic) bond motifs is 1. The van der Waals surface area contributed by atoms with Gasteiger partial charge in [0.15, 0.2) is 11.8 Å². The summed E-state index contributed by atoms with van der Waals surface area (Å²) in [6.07, 6.45) is 4.45. The van der Waals surface area contributed by atoms with Gasteiger partial charge in [-0.1, -0.05) is 30.3 Å². The Hall–Kier alpha value is -1.68. The Labute approximate surface area is 190 Å². The molecule has 1 saturated heterocycles. The summed E-state index contributed by atoms with van der Waals surface area (Å²) >= 11 is 0. The summed E-state index contributed by atoms with van der Waals surface area (Å²) in [6, 6.07) is 11.7. The van der Waals surface area contributed by atoms with Crippen LogP contribution in [-0.2, 0) is 26.1 Å². The van der Waals surface area contributed by atoms with E-state index in [1.54, 1.807) is 0 Å². The molecule has 2 aromatic rings. The van der Waals surface area contributed by atoms with Gasteiger partial charge in [0.05, 0.1) is 6.54 Å². The van der Waals surface area contributed by atoms with Crippen molar-refractivity contribution in [1.82, 2.24) is 30.3 Å². The summed E-state index contributed by atoms with van der Waals surface area (Å²) in [5.74, 6) is 2.96. The predicted molar refractivity (Wildman–Crippen MR) is 126 cm³/mol. The number of rotatable bonds is 5. The highest BCUT2D eigenvalue weighted by Gasteiger charge is 2.26. The van der Waals surface area contributed by atoms with Crippen molar-refractivity contribution in [2.75, 3.05) is 13.6 Å². The number of aryl methyl sites for hydroxylation is 1. The van der Waals surface area contributed by atoms with E-state index in [4.69, 9.17) is 0 Å². The van der Waals surface area contributed by atoms with E-state index in [1.165, 1.54) is 12.0 Å². The third-order valence-corrected chi connectivity index (χ3v) is 5.91. The van der Waals surface area contributed by atoms with E-state index in [1.807, 2.05) is 7.05 Å². The second-order valence-corrected chi connectivity index (χ2v) is 7.88. The van der Waals surface area contributed by atoms with Crippen LogP contribution in [0.2, 0.25) is 0 Å². The summed E-state index contributed by atoms with van der Waals surface area (Å²) in [4.78, 5) is 6.98. The number of hydrogen-bond acceptors (Lipinski definition) is 4. The molecule has 2 aliphatic rings. The van der Waals surface area contributed by atoms with Crippen LogP contribution in [0, 0.1) is 0 Å². The highest BCUT2D eigenvalue weighted by atomic mass is 127. The lowest BCUT2D eigenvalue weighted by Crippen LogP contribution is -2.51. The zero-order valence-corrected chi connectivity index (χ0v) is 19.7. The van der Waals surface area contributed by atoms with E-state index in [0.29, 0.717) is 18.6 Å². The van der Waals surface area contributed by atoms with E-state index in [-0.39, 0.29) is 24.0 Å². The lowest BCUT2D eigenvalue weighted by atomic mass is 9.97. The third kappa shape index (κ3) is 5.48. The first-order valence-electron chi connectivity index (χ1n) is 10.4. The SMILES string of the molecule is CN=C(NCc1nnc2n1CCC2)NC1CCN(Cc2ccccc2)C(C)C1.I. The van der Waals surface area contributed by atoms with Crippen LogP contribution in [0.4, 0.5) is 0 Å². The predicted octanol–water partition coefficient (Wildman–Crippen LogP) is 2.56. The number of aliphatic imine (C=N–C) groups is 1. The highest BCUT2D eigenvalue weighted by Crippen LogP contribution is 2.20. The largest absolute Gasteiger partial charge is 0.354 e. The molecule has 4 rings (SSSR count). The van der Waals surface area contributed by atoms with E-state index < -0.39 is 0 Å². The molecule has 29 heavy (non-hydrogen) atoms. The first kappa shape index (κ1) is 22.0. The van der Waals surface area contributed by atoms with Crippen LogP contribution in [-0.4, -0.2) is 51.3 Å². The molecule has 0 saturated carbocycles. The number of guanidine groups is 1. The van der Waals surface area contributed by atoms with Crippen molar-refractivity contribution in [1.29, 1.82) is 0 Å². The van der Waals surface area contributed by atoms with Crippen LogP contribution < -0.4 is 10.6 Å². The first-order valence-corrected chi connectivity index (χ1v) is 10.4. The van der Waals surface area contributed by atoms with Crippen molar-refractivity contribution in [3.63, 3.8) is 0 Å². The van der Waals surface area contributed by atoms with Gasteiger partial charge in [0.25, 0.3) is 0 Å². The summed E-state index contributed by atoms with van der Waals surface area (Å²) in [5, 5.41) is 15.6. The average Bonchev–Trinajstić information content (AvgIpc) is 3.32. The molecule has 1 aromatic carbocycles. The minimum atomic E-state index is 0. The smallest absolute Gasteiger partial charge is 0.191 e. The number of hydrogen-bond donors (Lipinski definition) is 2. The third-order valence-electron chi connectivity index (χ3n) is 5.91. The number of piperidine rings is 1. The van der Waals surface area contributed by atoms with Crippen LogP contribution in [0.5, 0.6) is 0 Å². The monoisotopic (exact) mass is 509 g/mol. The second-order valence-electron chi connectivity index (χ2n) is 7.88. The Morgan fingerprint density at radius 3 is 2.79 bits per heavy atom. The molecule has 0 spiro atoms. The summed E-state index contributed by atoms with van der Waals surface area (Å²) in [6.45, 7) is 6.15. The molecule has 2 aliphatic heterocycles. The number of halogens is 1. The van der Waals surface area contributed by atoms with Gasteiger partial charge in [0, 0.05) is 45.2 Å². The van der Waals surface area contributed by atoms with Crippen LogP contribution in [0.1, 0.15) is 43.4 Å². The number of likely N-dealkylation sites (tertiary alicyclic amines) is 1. The van der Waals surface area contributed by atoms with Crippen molar-refractivity contribution in [3.05, 3.63) is 47.5 Å². The zero-order chi connectivity index (χ0) is 19.3. The van der Waals surface area contributed by atoms with Crippen molar-refractivity contribution in [2.24, 2.45) is 4.99 Å². The van der Waals surface area contributed by atoms with E-state index in [9.17, 15) is 0 Å². The normalized spacial score (nSPS) is 22.1. The maximum absolute atomic E-state index is 4.41. The van der Waals surface area contributed by atoms with Gasteiger partial charge in [-0.2, -0.15) is 0 Å². The van der Waals surface area contributed by atoms with E-state index in [0.717, 1.165) is 56.5 Å². The van der Waals surface area contributed by atoms with Crippen LogP contribution in [0.15, 0.2) is 35.3 Å². The number of benzene rings is 1. The molecular formula is C21H32IN7. The lowest BCUT2D eigenvalue weighted by molar-refractivity contribution is 0.134. The quantitative estimate of drug-likeness (QED) is 0.369. The minimum absolute atomic E-state index is 0. The van der Waals surface area contributed by atoms with Gasteiger partial charge in [0.2, 0.25) is 0 Å². The minimum Gasteiger partial charge on any atom is -0.354 e. The Kier molecular flexibility index (Phi) is 7.88. The maximum Gasteiger partial charge on any atom is 0.191 e. The molecule has 7 nitrogen and oxygen atoms in total. The van der Waals surface area contributed by atoms with Crippen molar-refractivity contribution < 1.29 is 0 Å². The Balaban J connectivity index is 0.00000240. The molecular weight excluding hydrogens is 477 g/mol. The molecule has 3 heterocycles.